The van der Waals surface area contributed by atoms with E-state index in [0.29, 0.717) is 4.47 Å². The molecule has 4 nitrogen and oxygen atoms in total. The van der Waals surface area contributed by atoms with E-state index in [1.807, 2.05) is 12.1 Å². The van der Waals surface area contributed by atoms with Crippen molar-refractivity contribution in [3.05, 3.63) is 76.0 Å². The Balaban J connectivity index is 2.05. The van der Waals surface area contributed by atoms with Gasteiger partial charge in [-0.2, -0.15) is 0 Å². The van der Waals surface area contributed by atoms with Crippen molar-refractivity contribution in [1.82, 2.24) is 0 Å². The molecule has 0 radical (unpaired) electrons. The average molecular weight is 388 g/mol. The van der Waals surface area contributed by atoms with Crippen LogP contribution in [0.15, 0.2) is 59.1 Å². The van der Waals surface area contributed by atoms with Crippen molar-refractivity contribution in [2.45, 2.75) is 0 Å². The molecular weight excluding hydrogens is 377 g/mol. The first kappa shape index (κ1) is 16.1. The van der Waals surface area contributed by atoms with E-state index in [0.717, 1.165) is 16.8 Å². The van der Waals surface area contributed by atoms with Crippen molar-refractivity contribution < 1.29 is 19.1 Å². The van der Waals surface area contributed by atoms with Crippen LogP contribution < -0.4 is 5.32 Å². The third-order valence-corrected chi connectivity index (χ3v) is 4.23. The van der Waals surface area contributed by atoms with Gasteiger partial charge in [0.05, 0.1) is 16.8 Å². The number of anilines is 1. The fraction of sp³-hybridized carbons (Fsp3) is 0. The Hall–Kier alpha value is -2.73. The van der Waals surface area contributed by atoms with Gasteiger partial charge in [-0.3, -0.25) is 4.79 Å². The smallest absolute Gasteiger partial charge is 0.337 e. The molecule has 3 rings (SSSR count). The first-order chi connectivity index (χ1) is 11.5. The third-order valence-electron chi connectivity index (χ3n) is 3.54. The Labute approximate surface area is 145 Å². The van der Waals surface area contributed by atoms with Crippen molar-refractivity contribution >= 4 is 44.3 Å². The van der Waals surface area contributed by atoms with Gasteiger partial charge in [0, 0.05) is 4.47 Å². The number of rotatable bonds is 3. The van der Waals surface area contributed by atoms with Gasteiger partial charge in [-0.05, 0) is 57.0 Å². The van der Waals surface area contributed by atoms with Crippen molar-refractivity contribution in [2.24, 2.45) is 0 Å². The molecule has 1 amide bonds. The molecule has 0 aromatic heterocycles. The maximum atomic E-state index is 13.4. The number of hydrogen-bond donors (Lipinski definition) is 2. The van der Waals surface area contributed by atoms with Gasteiger partial charge in [0.2, 0.25) is 0 Å². The first-order valence-corrected chi connectivity index (χ1v) is 7.77. The molecule has 0 spiro atoms. The quantitative estimate of drug-likeness (QED) is 0.684. The maximum absolute atomic E-state index is 13.4. The van der Waals surface area contributed by atoms with Crippen LogP contribution in [0.25, 0.3) is 10.8 Å². The summed E-state index contributed by atoms with van der Waals surface area (Å²) in [5.41, 5.74) is 0.205. The molecule has 0 fully saturated rings. The lowest BCUT2D eigenvalue weighted by Crippen LogP contribution is -2.15. The average Bonchev–Trinajstić information content (AvgIpc) is 2.56. The Bertz CT molecular complexity index is 972. The van der Waals surface area contributed by atoms with E-state index in [4.69, 9.17) is 0 Å². The second kappa shape index (κ2) is 6.41. The van der Waals surface area contributed by atoms with Crippen LogP contribution in [0, 0.1) is 5.82 Å². The van der Waals surface area contributed by atoms with Gasteiger partial charge in [0.1, 0.15) is 5.82 Å². The number of amides is 1. The minimum atomic E-state index is -1.16. The normalized spacial score (nSPS) is 10.6. The fourth-order valence-corrected chi connectivity index (χ4v) is 2.81. The molecule has 0 saturated heterocycles. The molecule has 0 atom stereocenters. The summed E-state index contributed by atoms with van der Waals surface area (Å²) in [5, 5.41) is 13.5. The highest BCUT2D eigenvalue weighted by molar-refractivity contribution is 9.10. The summed E-state index contributed by atoms with van der Waals surface area (Å²) in [4.78, 5) is 23.9. The number of nitrogens with one attached hydrogen (secondary N) is 1. The number of carbonyl (C=O) groups excluding carboxylic acids is 1. The van der Waals surface area contributed by atoms with Crippen molar-refractivity contribution in [3.8, 4) is 0 Å². The Morgan fingerprint density at radius 3 is 2.29 bits per heavy atom. The lowest BCUT2D eigenvalue weighted by Gasteiger charge is -2.11. The molecule has 0 aliphatic rings. The van der Waals surface area contributed by atoms with E-state index in [9.17, 15) is 19.1 Å². The molecule has 0 unspecified atom stereocenters. The highest BCUT2D eigenvalue weighted by Crippen LogP contribution is 2.26. The molecule has 0 bridgehead atoms. The van der Waals surface area contributed by atoms with Crippen LogP contribution in [-0.4, -0.2) is 17.0 Å². The van der Waals surface area contributed by atoms with Crippen molar-refractivity contribution in [2.75, 3.05) is 5.32 Å². The molecule has 24 heavy (non-hydrogen) atoms. The van der Waals surface area contributed by atoms with Crippen molar-refractivity contribution in [3.63, 3.8) is 0 Å². The van der Waals surface area contributed by atoms with E-state index >= 15 is 0 Å². The monoisotopic (exact) mass is 387 g/mol. The van der Waals surface area contributed by atoms with Gasteiger partial charge in [0.15, 0.2) is 0 Å². The van der Waals surface area contributed by atoms with Crippen LogP contribution in [0.4, 0.5) is 10.1 Å². The number of halogens is 2. The SMILES string of the molecule is O=C(Nc1cc2ccccc2cc1C(=O)O)c1cc(F)ccc1Br. The molecular formula is C18H11BrFNO3. The predicted molar refractivity (Wildman–Crippen MR) is 93.0 cm³/mol. The number of aromatic carboxylic acids is 1. The Morgan fingerprint density at radius 2 is 1.62 bits per heavy atom. The van der Waals surface area contributed by atoms with Gasteiger partial charge in [-0.1, -0.05) is 24.3 Å². The molecule has 0 aliphatic carbocycles. The molecule has 6 heteroatoms. The molecule has 3 aromatic carbocycles. The Kier molecular flexibility index (Phi) is 4.31. The van der Waals surface area contributed by atoms with Crippen LogP contribution in [0.3, 0.4) is 0 Å². The van der Waals surface area contributed by atoms with E-state index in [1.165, 1.54) is 18.2 Å². The van der Waals surface area contributed by atoms with Gasteiger partial charge in [0.25, 0.3) is 5.91 Å². The minimum Gasteiger partial charge on any atom is -0.478 e. The molecule has 0 aliphatic heterocycles. The largest absolute Gasteiger partial charge is 0.478 e. The van der Waals surface area contributed by atoms with Crippen LogP contribution in [0.5, 0.6) is 0 Å². The van der Waals surface area contributed by atoms with Crippen LogP contribution in [0.2, 0.25) is 0 Å². The van der Waals surface area contributed by atoms with E-state index in [2.05, 4.69) is 21.2 Å². The maximum Gasteiger partial charge on any atom is 0.337 e. The molecule has 120 valence electrons. The molecule has 2 N–H and O–H groups in total. The second-order valence-electron chi connectivity index (χ2n) is 5.13. The summed E-state index contributed by atoms with van der Waals surface area (Å²) in [6.07, 6.45) is 0. The number of benzene rings is 3. The first-order valence-electron chi connectivity index (χ1n) is 6.98. The van der Waals surface area contributed by atoms with Crippen molar-refractivity contribution in [1.29, 1.82) is 0 Å². The summed E-state index contributed by atoms with van der Waals surface area (Å²) in [5.74, 6) is -2.31. The number of hydrogen-bond acceptors (Lipinski definition) is 2. The molecule has 0 saturated carbocycles. The highest BCUT2D eigenvalue weighted by atomic mass is 79.9. The number of carboxylic acid groups (broad SMARTS) is 1. The number of carboxylic acids is 1. The van der Waals surface area contributed by atoms with E-state index in [-0.39, 0.29) is 16.8 Å². The molecule has 3 aromatic rings. The van der Waals surface area contributed by atoms with Crippen LogP contribution >= 0.6 is 15.9 Å². The predicted octanol–water partition coefficient (Wildman–Crippen LogP) is 4.69. The second-order valence-corrected chi connectivity index (χ2v) is 5.98. The van der Waals surface area contributed by atoms with Crippen LogP contribution in [0.1, 0.15) is 20.7 Å². The third kappa shape index (κ3) is 3.14. The zero-order valence-corrected chi connectivity index (χ0v) is 13.8. The topological polar surface area (TPSA) is 66.4 Å². The summed E-state index contributed by atoms with van der Waals surface area (Å²) in [7, 11) is 0. The lowest BCUT2D eigenvalue weighted by atomic mass is 10.0. The fourth-order valence-electron chi connectivity index (χ4n) is 2.38. The summed E-state index contributed by atoms with van der Waals surface area (Å²) < 4.78 is 13.8. The Morgan fingerprint density at radius 1 is 0.958 bits per heavy atom. The number of carbonyl (C=O) groups is 2. The van der Waals surface area contributed by atoms with Gasteiger partial charge in [-0.25, -0.2) is 9.18 Å². The van der Waals surface area contributed by atoms with Gasteiger partial charge < -0.3 is 10.4 Å². The number of fused-ring (bicyclic) bond motifs is 1. The minimum absolute atomic E-state index is 0.0328. The van der Waals surface area contributed by atoms with Gasteiger partial charge in [-0.15, -0.1) is 0 Å². The highest BCUT2D eigenvalue weighted by Gasteiger charge is 2.17. The summed E-state index contributed by atoms with van der Waals surface area (Å²) in [6.45, 7) is 0. The molecule has 0 heterocycles. The standard InChI is InChI=1S/C18H11BrFNO3/c19-15-6-5-12(20)9-13(15)17(22)21-16-8-11-4-2-1-3-10(11)7-14(16)18(23)24/h1-9H,(H,21,22)(H,23,24). The van der Waals surface area contributed by atoms with Gasteiger partial charge >= 0.3 is 5.97 Å². The van der Waals surface area contributed by atoms with Crippen LogP contribution in [-0.2, 0) is 0 Å². The van der Waals surface area contributed by atoms with E-state index < -0.39 is 17.7 Å². The lowest BCUT2D eigenvalue weighted by molar-refractivity contribution is 0.0698. The summed E-state index contributed by atoms with van der Waals surface area (Å²) in [6, 6.07) is 14.0. The summed E-state index contributed by atoms with van der Waals surface area (Å²) >= 11 is 3.19. The zero-order chi connectivity index (χ0) is 17.3. The zero-order valence-electron chi connectivity index (χ0n) is 12.2. The van der Waals surface area contributed by atoms with E-state index in [1.54, 1.807) is 18.2 Å².